The monoisotopic (exact) mass is 217 g/mol. The third kappa shape index (κ3) is 1.74. The van der Waals surface area contributed by atoms with Gasteiger partial charge in [-0.05, 0) is 25.5 Å². The van der Waals surface area contributed by atoms with Gasteiger partial charge >= 0.3 is 0 Å². The molecule has 1 heterocycles. The maximum absolute atomic E-state index is 5.88. The first-order chi connectivity index (χ1) is 7.65. The average Bonchev–Trinajstić information content (AvgIpc) is 2.57. The fourth-order valence-corrected chi connectivity index (χ4v) is 2.37. The number of furan rings is 1. The van der Waals surface area contributed by atoms with Crippen LogP contribution in [0.4, 0.5) is 0 Å². The summed E-state index contributed by atoms with van der Waals surface area (Å²) in [5, 5.41) is 1.21. The molecule has 86 valence electrons. The van der Waals surface area contributed by atoms with Crippen molar-refractivity contribution in [2.75, 3.05) is 6.54 Å². The van der Waals surface area contributed by atoms with Crippen molar-refractivity contribution in [3.63, 3.8) is 0 Å². The van der Waals surface area contributed by atoms with Crippen LogP contribution in [0.15, 0.2) is 28.7 Å². The Bertz CT molecular complexity index is 484. The molecule has 0 aliphatic rings. The molecule has 0 fully saturated rings. The van der Waals surface area contributed by atoms with Gasteiger partial charge in [0.25, 0.3) is 0 Å². The molecule has 0 aliphatic heterocycles. The molecule has 1 unspecified atom stereocenters. The first-order valence-electron chi connectivity index (χ1n) is 5.83. The Labute approximate surface area is 96.4 Å². The molecule has 2 N–H and O–H groups in total. The van der Waals surface area contributed by atoms with Crippen LogP contribution in [0.25, 0.3) is 11.0 Å². The van der Waals surface area contributed by atoms with E-state index in [1.807, 2.05) is 19.1 Å². The molecule has 2 nitrogen and oxygen atoms in total. The largest absolute Gasteiger partial charge is 0.461 e. The van der Waals surface area contributed by atoms with E-state index in [2.05, 4.69) is 26.0 Å². The summed E-state index contributed by atoms with van der Waals surface area (Å²) in [6.45, 7) is 7.11. The van der Waals surface area contributed by atoms with Crippen LogP contribution in [-0.4, -0.2) is 6.54 Å². The quantitative estimate of drug-likeness (QED) is 0.855. The van der Waals surface area contributed by atoms with E-state index in [1.54, 1.807) is 0 Å². The minimum Gasteiger partial charge on any atom is -0.461 e. The highest BCUT2D eigenvalue weighted by molar-refractivity contribution is 5.82. The van der Waals surface area contributed by atoms with Gasteiger partial charge in [0.05, 0.1) is 0 Å². The number of nitrogens with two attached hydrogens (primary N) is 1. The molecule has 0 saturated carbocycles. The molecule has 0 saturated heterocycles. The van der Waals surface area contributed by atoms with Gasteiger partial charge in [0, 0.05) is 16.9 Å². The summed E-state index contributed by atoms with van der Waals surface area (Å²) in [7, 11) is 0. The SMILES string of the molecule is Cc1oc2ccccc2c1C(CN)C(C)C. The van der Waals surface area contributed by atoms with Gasteiger partial charge in [0.2, 0.25) is 0 Å². The molecule has 2 rings (SSSR count). The Morgan fingerprint density at radius 3 is 2.56 bits per heavy atom. The number of rotatable bonds is 3. The number of aryl methyl sites for hydroxylation is 1. The van der Waals surface area contributed by atoms with Crippen molar-refractivity contribution in [2.45, 2.75) is 26.7 Å². The molecule has 0 aliphatic carbocycles. The molecule has 0 bridgehead atoms. The first kappa shape index (κ1) is 11.2. The third-order valence-electron chi connectivity index (χ3n) is 3.25. The Morgan fingerprint density at radius 2 is 1.94 bits per heavy atom. The molecule has 0 amide bonds. The third-order valence-corrected chi connectivity index (χ3v) is 3.25. The van der Waals surface area contributed by atoms with Crippen LogP contribution < -0.4 is 5.73 Å². The molecule has 16 heavy (non-hydrogen) atoms. The fourth-order valence-electron chi connectivity index (χ4n) is 2.37. The first-order valence-corrected chi connectivity index (χ1v) is 5.83. The van der Waals surface area contributed by atoms with Gasteiger partial charge < -0.3 is 10.2 Å². The predicted molar refractivity (Wildman–Crippen MR) is 67.6 cm³/mol. The van der Waals surface area contributed by atoms with Gasteiger partial charge in [-0.15, -0.1) is 0 Å². The van der Waals surface area contributed by atoms with Crippen LogP contribution in [0.5, 0.6) is 0 Å². The minimum atomic E-state index is 0.378. The van der Waals surface area contributed by atoms with Crippen molar-refractivity contribution in [3.05, 3.63) is 35.6 Å². The van der Waals surface area contributed by atoms with E-state index in [4.69, 9.17) is 10.2 Å². The van der Waals surface area contributed by atoms with E-state index in [0.717, 1.165) is 11.3 Å². The highest BCUT2D eigenvalue weighted by Gasteiger charge is 2.21. The Kier molecular flexibility index (Phi) is 3.01. The van der Waals surface area contributed by atoms with Crippen LogP contribution in [0, 0.1) is 12.8 Å². The highest BCUT2D eigenvalue weighted by atomic mass is 16.3. The van der Waals surface area contributed by atoms with Crippen LogP contribution in [0.2, 0.25) is 0 Å². The molecule has 2 heteroatoms. The molecule has 1 aromatic heterocycles. The van der Waals surface area contributed by atoms with Gasteiger partial charge in [0.15, 0.2) is 0 Å². The van der Waals surface area contributed by atoms with E-state index in [0.29, 0.717) is 18.4 Å². The lowest BCUT2D eigenvalue weighted by Crippen LogP contribution is -2.18. The molecule has 1 atom stereocenters. The van der Waals surface area contributed by atoms with E-state index in [1.165, 1.54) is 10.9 Å². The topological polar surface area (TPSA) is 39.2 Å². The van der Waals surface area contributed by atoms with Crippen molar-refractivity contribution in [2.24, 2.45) is 11.7 Å². The maximum atomic E-state index is 5.88. The molecule has 1 aromatic carbocycles. The second-order valence-electron chi connectivity index (χ2n) is 4.65. The summed E-state index contributed by atoms with van der Waals surface area (Å²) in [5.41, 5.74) is 8.14. The van der Waals surface area contributed by atoms with E-state index in [9.17, 15) is 0 Å². The predicted octanol–water partition coefficient (Wildman–Crippen LogP) is 3.44. The number of fused-ring (bicyclic) bond motifs is 1. The lowest BCUT2D eigenvalue weighted by atomic mass is 9.87. The summed E-state index contributed by atoms with van der Waals surface area (Å²) in [6, 6.07) is 8.18. The smallest absolute Gasteiger partial charge is 0.134 e. The number of hydrogen-bond donors (Lipinski definition) is 1. The molecular formula is C14H19NO. The number of para-hydroxylation sites is 1. The van der Waals surface area contributed by atoms with Gasteiger partial charge in [-0.1, -0.05) is 32.0 Å². The van der Waals surface area contributed by atoms with Crippen molar-refractivity contribution < 1.29 is 4.42 Å². The summed E-state index contributed by atoms with van der Waals surface area (Å²) in [6.07, 6.45) is 0. The van der Waals surface area contributed by atoms with Gasteiger partial charge in [-0.25, -0.2) is 0 Å². The summed E-state index contributed by atoms with van der Waals surface area (Å²) in [4.78, 5) is 0. The second kappa shape index (κ2) is 4.30. The van der Waals surface area contributed by atoms with Crippen molar-refractivity contribution in [1.82, 2.24) is 0 Å². The normalized spacial score (nSPS) is 13.6. The molecule has 2 aromatic rings. The fraction of sp³-hybridized carbons (Fsp3) is 0.429. The Balaban J connectivity index is 2.62. The molecular weight excluding hydrogens is 198 g/mol. The van der Waals surface area contributed by atoms with E-state index >= 15 is 0 Å². The van der Waals surface area contributed by atoms with Gasteiger partial charge in [-0.3, -0.25) is 0 Å². The van der Waals surface area contributed by atoms with Gasteiger partial charge in [0.1, 0.15) is 11.3 Å². The zero-order valence-electron chi connectivity index (χ0n) is 10.2. The van der Waals surface area contributed by atoms with Crippen LogP contribution in [0.3, 0.4) is 0 Å². The van der Waals surface area contributed by atoms with Crippen molar-refractivity contribution >= 4 is 11.0 Å². The average molecular weight is 217 g/mol. The van der Waals surface area contributed by atoms with Crippen LogP contribution in [0.1, 0.15) is 31.1 Å². The van der Waals surface area contributed by atoms with Gasteiger partial charge in [-0.2, -0.15) is 0 Å². The van der Waals surface area contributed by atoms with E-state index < -0.39 is 0 Å². The summed E-state index contributed by atoms with van der Waals surface area (Å²) in [5.74, 6) is 1.92. The lowest BCUT2D eigenvalue weighted by Gasteiger charge is -2.18. The molecule has 0 radical (unpaired) electrons. The van der Waals surface area contributed by atoms with Crippen molar-refractivity contribution in [3.8, 4) is 0 Å². The lowest BCUT2D eigenvalue weighted by molar-refractivity contribution is 0.489. The summed E-state index contributed by atoms with van der Waals surface area (Å²) >= 11 is 0. The minimum absolute atomic E-state index is 0.378. The number of benzene rings is 1. The van der Waals surface area contributed by atoms with Crippen LogP contribution in [-0.2, 0) is 0 Å². The summed E-state index contributed by atoms with van der Waals surface area (Å²) < 4.78 is 5.78. The van der Waals surface area contributed by atoms with Crippen molar-refractivity contribution in [1.29, 1.82) is 0 Å². The van der Waals surface area contributed by atoms with E-state index in [-0.39, 0.29) is 0 Å². The Morgan fingerprint density at radius 1 is 1.25 bits per heavy atom. The molecule has 0 spiro atoms. The highest BCUT2D eigenvalue weighted by Crippen LogP contribution is 2.34. The Hall–Kier alpha value is -1.28. The standard InChI is InChI=1S/C14H19NO/c1-9(2)12(8-15)14-10(3)16-13-7-5-4-6-11(13)14/h4-7,9,12H,8,15H2,1-3H3. The number of hydrogen-bond acceptors (Lipinski definition) is 2. The zero-order chi connectivity index (χ0) is 11.7. The zero-order valence-corrected chi connectivity index (χ0v) is 10.2. The van der Waals surface area contributed by atoms with Crippen LogP contribution >= 0.6 is 0 Å². The maximum Gasteiger partial charge on any atom is 0.134 e. The second-order valence-corrected chi connectivity index (χ2v) is 4.65.